The molecule has 1 aromatic carbocycles. The Morgan fingerprint density at radius 3 is 2.90 bits per heavy atom. The van der Waals surface area contributed by atoms with E-state index in [2.05, 4.69) is 9.97 Å². The summed E-state index contributed by atoms with van der Waals surface area (Å²) >= 11 is 0. The normalized spacial score (nSPS) is 18.2. The van der Waals surface area contributed by atoms with Crippen molar-refractivity contribution in [2.75, 3.05) is 13.1 Å². The van der Waals surface area contributed by atoms with Crippen molar-refractivity contribution >= 4 is 5.91 Å². The fourth-order valence-corrected chi connectivity index (χ4v) is 2.58. The van der Waals surface area contributed by atoms with Gasteiger partial charge in [-0.25, -0.2) is 9.37 Å². The molecule has 0 N–H and O–H groups in total. The van der Waals surface area contributed by atoms with Crippen LogP contribution in [-0.4, -0.2) is 33.9 Å². The van der Waals surface area contributed by atoms with Gasteiger partial charge in [-0.1, -0.05) is 18.2 Å². The number of likely N-dealkylation sites (tertiary alicyclic amines) is 1. The molecule has 0 spiro atoms. The average Bonchev–Trinajstić information content (AvgIpc) is 2.97. The predicted octanol–water partition coefficient (Wildman–Crippen LogP) is 2.25. The van der Waals surface area contributed by atoms with E-state index >= 15 is 0 Å². The van der Waals surface area contributed by atoms with Crippen LogP contribution < -0.4 is 0 Å². The fourth-order valence-electron chi connectivity index (χ4n) is 2.58. The molecule has 0 saturated carbocycles. The van der Waals surface area contributed by atoms with Crippen LogP contribution in [0.5, 0.6) is 0 Å². The molecule has 1 fully saturated rings. The Hall–Kier alpha value is -2.30. The molecule has 0 bridgehead atoms. The van der Waals surface area contributed by atoms with Crippen LogP contribution in [0.25, 0.3) is 0 Å². The molecule has 4 nitrogen and oxygen atoms in total. The van der Waals surface area contributed by atoms with Gasteiger partial charge in [-0.15, -0.1) is 0 Å². The van der Waals surface area contributed by atoms with Crippen molar-refractivity contribution in [2.45, 2.75) is 12.3 Å². The van der Waals surface area contributed by atoms with Crippen LogP contribution in [0.4, 0.5) is 4.39 Å². The lowest BCUT2D eigenvalue weighted by Gasteiger charge is -2.16. The van der Waals surface area contributed by atoms with Crippen molar-refractivity contribution < 1.29 is 9.18 Å². The third-order valence-electron chi connectivity index (χ3n) is 3.60. The summed E-state index contributed by atoms with van der Waals surface area (Å²) < 4.78 is 13.8. The highest BCUT2D eigenvalue weighted by Crippen LogP contribution is 2.29. The number of carbonyl (C=O) groups is 1. The molecular weight excluding hydrogens is 257 g/mol. The third kappa shape index (κ3) is 2.39. The van der Waals surface area contributed by atoms with E-state index in [1.807, 2.05) is 6.07 Å². The number of benzene rings is 1. The highest BCUT2D eigenvalue weighted by atomic mass is 19.1. The molecule has 20 heavy (non-hydrogen) atoms. The van der Waals surface area contributed by atoms with Gasteiger partial charge in [0.1, 0.15) is 11.5 Å². The number of amides is 1. The first-order valence-corrected chi connectivity index (χ1v) is 6.55. The van der Waals surface area contributed by atoms with Crippen LogP contribution in [-0.2, 0) is 0 Å². The molecule has 0 aliphatic carbocycles. The number of nitrogens with zero attached hydrogens (tertiary/aromatic N) is 3. The topological polar surface area (TPSA) is 46.1 Å². The fraction of sp³-hybridized carbons (Fsp3) is 0.267. The van der Waals surface area contributed by atoms with Gasteiger partial charge in [0.2, 0.25) is 0 Å². The highest BCUT2D eigenvalue weighted by Gasteiger charge is 2.29. The Kier molecular flexibility index (Phi) is 3.41. The van der Waals surface area contributed by atoms with Crippen molar-refractivity contribution in [3.05, 3.63) is 59.9 Å². The van der Waals surface area contributed by atoms with Crippen LogP contribution in [0, 0.1) is 5.82 Å². The van der Waals surface area contributed by atoms with Gasteiger partial charge in [0.15, 0.2) is 0 Å². The molecule has 1 atom stereocenters. The Balaban J connectivity index is 1.74. The van der Waals surface area contributed by atoms with E-state index in [1.54, 1.807) is 17.0 Å². The SMILES string of the molecule is O=C(c1cnccn1)N1CCC(c2ccccc2F)C1. The van der Waals surface area contributed by atoms with Gasteiger partial charge < -0.3 is 4.90 Å². The van der Waals surface area contributed by atoms with Crippen molar-refractivity contribution in [1.82, 2.24) is 14.9 Å². The summed E-state index contributed by atoms with van der Waals surface area (Å²) in [4.78, 5) is 21.9. The number of rotatable bonds is 2. The number of aromatic nitrogens is 2. The van der Waals surface area contributed by atoms with Crippen molar-refractivity contribution in [3.8, 4) is 0 Å². The van der Waals surface area contributed by atoms with Crippen LogP contribution in [0.2, 0.25) is 0 Å². The Bertz CT molecular complexity index is 618. The zero-order valence-corrected chi connectivity index (χ0v) is 10.9. The number of halogens is 1. The molecule has 5 heteroatoms. The molecule has 1 amide bonds. The summed E-state index contributed by atoms with van der Waals surface area (Å²) in [7, 11) is 0. The number of hydrogen-bond acceptors (Lipinski definition) is 3. The van der Waals surface area contributed by atoms with Gasteiger partial charge in [-0.05, 0) is 18.1 Å². The maximum atomic E-state index is 13.8. The first-order chi connectivity index (χ1) is 9.75. The largest absolute Gasteiger partial charge is 0.337 e. The van der Waals surface area contributed by atoms with Crippen molar-refractivity contribution in [1.29, 1.82) is 0 Å². The zero-order valence-electron chi connectivity index (χ0n) is 10.9. The van der Waals surface area contributed by atoms with Crippen LogP contribution in [0.15, 0.2) is 42.9 Å². The van der Waals surface area contributed by atoms with Gasteiger partial charge in [-0.2, -0.15) is 0 Å². The molecule has 0 radical (unpaired) electrons. The molecule has 1 aliphatic rings. The van der Waals surface area contributed by atoms with Crippen molar-refractivity contribution in [3.63, 3.8) is 0 Å². The van der Waals surface area contributed by atoms with Gasteiger partial charge in [-0.3, -0.25) is 9.78 Å². The monoisotopic (exact) mass is 271 g/mol. The molecule has 1 aromatic heterocycles. The average molecular weight is 271 g/mol. The third-order valence-corrected chi connectivity index (χ3v) is 3.60. The Labute approximate surface area is 116 Å². The smallest absolute Gasteiger partial charge is 0.274 e. The molecule has 1 aliphatic heterocycles. The molecule has 1 unspecified atom stereocenters. The lowest BCUT2D eigenvalue weighted by atomic mass is 9.98. The van der Waals surface area contributed by atoms with E-state index in [-0.39, 0.29) is 17.6 Å². The Morgan fingerprint density at radius 1 is 1.30 bits per heavy atom. The summed E-state index contributed by atoms with van der Waals surface area (Å²) in [6.07, 6.45) is 5.26. The second kappa shape index (κ2) is 5.36. The highest BCUT2D eigenvalue weighted by molar-refractivity contribution is 5.92. The van der Waals surface area contributed by atoms with E-state index in [0.717, 1.165) is 6.42 Å². The molecule has 2 aromatic rings. The summed E-state index contributed by atoms with van der Waals surface area (Å²) in [6, 6.07) is 6.75. The van der Waals surface area contributed by atoms with Crippen molar-refractivity contribution in [2.24, 2.45) is 0 Å². The van der Waals surface area contributed by atoms with Crippen LogP contribution in [0.3, 0.4) is 0 Å². The zero-order chi connectivity index (χ0) is 13.9. The minimum atomic E-state index is -0.202. The van der Waals surface area contributed by atoms with Crippen LogP contribution in [0.1, 0.15) is 28.4 Å². The molecule has 102 valence electrons. The van der Waals surface area contributed by atoms with E-state index in [9.17, 15) is 9.18 Å². The summed E-state index contributed by atoms with van der Waals surface area (Å²) in [6.45, 7) is 1.14. The molecule has 1 saturated heterocycles. The van der Waals surface area contributed by atoms with E-state index < -0.39 is 0 Å². The minimum Gasteiger partial charge on any atom is -0.337 e. The lowest BCUT2D eigenvalue weighted by Crippen LogP contribution is -2.29. The van der Waals surface area contributed by atoms with Gasteiger partial charge >= 0.3 is 0 Å². The van der Waals surface area contributed by atoms with Gasteiger partial charge in [0.25, 0.3) is 5.91 Å². The summed E-state index contributed by atoms with van der Waals surface area (Å²) in [5.74, 6) is -0.292. The summed E-state index contributed by atoms with van der Waals surface area (Å²) in [5.41, 5.74) is 1.02. The second-order valence-corrected chi connectivity index (χ2v) is 4.85. The molecule has 3 rings (SSSR count). The van der Waals surface area contributed by atoms with E-state index in [1.165, 1.54) is 24.7 Å². The maximum absolute atomic E-state index is 13.8. The number of hydrogen-bond donors (Lipinski definition) is 0. The first kappa shape index (κ1) is 12.7. The lowest BCUT2D eigenvalue weighted by molar-refractivity contribution is 0.0784. The summed E-state index contributed by atoms with van der Waals surface area (Å²) in [5, 5.41) is 0. The molecule has 2 heterocycles. The van der Waals surface area contributed by atoms with Gasteiger partial charge in [0, 0.05) is 31.4 Å². The Morgan fingerprint density at radius 2 is 2.15 bits per heavy atom. The van der Waals surface area contributed by atoms with Gasteiger partial charge in [0.05, 0.1) is 6.20 Å². The number of carbonyl (C=O) groups excluding carboxylic acids is 1. The maximum Gasteiger partial charge on any atom is 0.274 e. The molecular formula is C15H14FN3O. The second-order valence-electron chi connectivity index (χ2n) is 4.85. The standard InChI is InChI=1S/C15H14FN3O/c16-13-4-2-1-3-12(13)11-5-8-19(10-11)15(20)14-9-17-6-7-18-14/h1-4,6-7,9,11H,5,8,10H2. The predicted molar refractivity (Wildman–Crippen MR) is 71.7 cm³/mol. The first-order valence-electron chi connectivity index (χ1n) is 6.55. The van der Waals surface area contributed by atoms with Crippen LogP contribution >= 0.6 is 0 Å². The van der Waals surface area contributed by atoms with E-state index in [4.69, 9.17) is 0 Å². The minimum absolute atomic E-state index is 0.0526. The quantitative estimate of drug-likeness (QED) is 0.841. The van der Waals surface area contributed by atoms with E-state index in [0.29, 0.717) is 24.3 Å².